The van der Waals surface area contributed by atoms with Gasteiger partial charge in [0, 0.05) is 11.1 Å². The summed E-state index contributed by atoms with van der Waals surface area (Å²) in [7, 11) is 0. The minimum absolute atomic E-state index is 0.0512. The van der Waals surface area contributed by atoms with E-state index in [0.717, 1.165) is 12.1 Å². The van der Waals surface area contributed by atoms with E-state index in [-0.39, 0.29) is 28.1 Å². The van der Waals surface area contributed by atoms with Gasteiger partial charge in [0.15, 0.2) is 23.3 Å². The normalized spacial score (nSPS) is 10.5. The lowest BCUT2D eigenvalue weighted by molar-refractivity contribution is 0.510. The summed E-state index contributed by atoms with van der Waals surface area (Å²) in [4.78, 5) is 4.06. The van der Waals surface area contributed by atoms with Gasteiger partial charge in [0.05, 0.1) is 23.0 Å². The zero-order chi connectivity index (χ0) is 17.3. The molecule has 0 fully saturated rings. The van der Waals surface area contributed by atoms with Crippen LogP contribution in [0, 0.1) is 34.6 Å². The Morgan fingerprint density at radius 1 is 0.750 bits per heavy atom. The fourth-order valence-electron chi connectivity index (χ4n) is 2.27. The second kappa shape index (κ2) is 6.13. The highest BCUT2D eigenvalue weighted by Crippen LogP contribution is 2.29. The minimum atomic E-state index is -1.13. The van der Waals surface area contributed by atoms with Gasteiger partial charge >= 0.3 is 0 Å². The molecule has 0 N–H and O–H groups in total. The summed E-state index contributed by atoms with van der Waals surface area (Å²) in [6.07, 6.45) is 0. The molecule has 1 aromatic heterocycles. The van der Waals surface area contributed by atoms with Gasteiger partial charge in [0.25, 0.3) is 0 Å². The molecule has 0 aliphatic rings. The first-order valence-corrected chi connectivity index (χ1v) is 6.82. The van der Waals surface area contributed by atoms with E-state index in [1.54, 1.807) is 0 Å². The summed E-state index contributed by atoms with van der Waals surface area (Å²) >= 11 is 0. The van der Waals surface area contributed by atoms with Crippen molar-refractivity contribution in [3.05, 3.63) is 77.4 Å². The number of rotatable bonds is 2. The average molecular weight is 328 g/mol. The van der Waals surface area contributed by atoms with E-state index in [4.69, 9.17) is 5.26 Å². The largest absolute Gasteiger partial charge is 0.247 e. The number of pyridine rings is 1. The monoisotopic (exact) mass is 328 g/mol. The molecular weight excluding hydrogens is 320 g/mol. The van der Waals surface area contributed by atoms with Crippen molar-refractivity contribution >= 4 is 0 Å². The van der Waals surface area contributed by atoms with Gasteiger partial charge in [-0.1, -0.05) is 12.1 Å². The minimum Gasteiger partial charge on any atom is -0.247 e. The number of halogens is 4. The fourth-order valence-corrected chi connectivity index (χ4v) is 2.27. The maximum Gasteiger partial charge on any atom is 0.168 e. The Morgan fingerprint density at radius 2 is 1.21 bits per heavy atom. The van der Waals surface area contributed by atoms with Crippen molar-refractivity contribution in [1.29, 1.82) is 5.26 Å². The number of hydrogen-bond acceptors (Lipinski definition) is 2. The van der Waals surface area contributed by atoms with Crippen LogP contribution in [0.2, 0.25) is 0 Å². The van der Waals surface area contributed by atoms with Gasteiger partial charge in [-0.15, -0.1) is 0 Å². The van der Waals surface area contributed by atoms with Crippen LogP contribution in [-0.2, 0) is 0 Å². The van der Waals surface area contributed by atoms with Crippen molar-refractivity contribution in [3.8, 4) is 28.6 Å². The first-order chi connectivity index (χ1) is 11.5. The van der Waals surface area contributed by atoms with Crippen molar-refractivity contribution in [1.82, 2.24) is 4.98 Å². The smallest absolute Gasteiger partial charge is 0.168 e. The molecule has 2 nitrogen and oxygen atoms in total. The lowest BCUT2D eigenvalue weighted by Gasteiger charge is -2.09. The van der Waals surface area contributed by atoms with E-state index in [9.17, 15) is 17.6 Å². The summed E-state index contributed by atoms with van der Waals surface area (Å²) in [5, 5.41) is 9.11. The Bertz CT molecular complexity index is 907. The Kier molecular flexibility index (Phi) is 4.00. The van der Waals surface area contributed by atoms with Gasteiger partial charge in [0.1, 0.15) is 0 Å². The Balaban J connectivity index is 2.26. The Labute approximate surface area is 134 Å². The van der Waals surface area contributed by atoms with Crippen molar-refractivity contribution in [2.75, 3.05) is 0 Å². The highest BCUT2D eigenvalue weighted by molar-refractivity contribution is 5.69. The van der Waals surface area contributed by atoms with Crippen LogP contribution in [0.4, 0.5) is 17.6 Å². The molecule has 0 amide bonds. The number of nitrogens with zero attached hydrogens (tertiary/aromatic N) is 2. The average Bonchev–Trinajstić information content (AvgIpc) is 2.59. The molecule has 2 aromatic carbocycles. The molecule has 0 spiro atoms. The lowest BCUT2D eigenvalue weighted by atomic mass is 10.0. The molecule has 0 unspecified atom stereocenters. The first-order valence-electron chi connectivity index (χ1n) is 6.82. The van der Waals surface area contributed by atoms with Gasteiger partial charge in [0.2, 0.25) is 0 Å². The van der Waals surface area contributed by atoms with Gasteiger partial charge in [-0.25, -0.2) is 22.5 Å². The zero-order valence-corrected chi connectivity index (χ0v) is 12.0. The number of aromatic nitrogens is 1. The SMILES string of the molecule is N#Cc1cc(-c2cccc(F)c2F)nc(-c2cccc(F)c2F)c1. The molecule has 24 heavy (non-hydrogen) atoms. The first kappa shape index (κ1) is 15.7. The molecule has 3 rings (SSSR count). The van der Waals surface area contributed by atoms with Gasteiger partial charge in [-0.3, -0.25) is 0 Å². The maximum atomic E-state index is 14.0. The topological polar surface area (TPSA) is 36.7 Å². The van der Waals surface area contributed by atoms with Gasteiger partial charge in [-0.05, 0) is 36.4 Å². The number of benzene rings is 2. The van der Waals surface area contributed by atoms with Crippen LogP contribution in [0.3, 0.4) is 0 Å². The van der Waals surface area contributed by atoms with E-state index in [2.05, 4.69) is 4.98 Å². The van der Waals surface area contributed by atoms with Crippen LogP contribution in [0.5, 0.6) is 0 Å². The van der Waals surface area contributed by atoms with E-state index < -0.39 is 23.3 Å². The molecular formula is C18H8F4N2. The Morgan fingerprint density at radius 3 is 1.62 bits per heavy atom. The molecule has 3 aromatic rings. The van der Waals surface area contributed by atoms with E-state index in [1.807, 2.05) is 6.07 Å². The molecule has 0 bridgehead atoms. The standard InChI is InChI=1S/C18H8F4N2/c19-13-5-1-3-11(17(13)21)15-7-10(9-23)8-16(24-15)12-4-2-6-14(20)18(12)22/h1-8H. The third-order valence-corrected chi connectivity index (χ3v) is 3.41. The van der Waals surface area contributed by atoms with Crippen LogP contribution < -0.4 is 0 Å². The Hall–Kier alpha value is -3.20. The van der Waals surface area contributed by atoms with Crippen LogP contribution in [0.25, 0.3) is 22.5 Å². The molecule has 0 atom stereocenters. The van der Waals surface area contributed by atoms with E-state index in [1.165, 1.54) is 36.4 Å². The summed E-state index contributed by atoms with van der Waals surface area (Å²) < 4.78 is 54.8. The summed E-state index contributed by atoms with van der Waals surface area (Å²) in [5.74, 6) is -4.41. The van der Waals surface area contributed by atoms with Crippen molar-refractivity contribution in [3.63, 3.8) is 0 Å². The highest BCUT2D eigenvalue weighted by atomic mass is 19.2. The maximum absolute atomic E-state index is 14.0. The molecule has 0 aliphatic carbocycles. The molecule has 0 saturated carbocycles. The molecule has 6 heteroatoms. The highest BCUT2D eigenvalue weighted by Gasteiger charge is 2.16. The molecule has 0 saturated heterocycles. The third kappa shape index (κ3) is 2.72. The van der Waals surface area contributed by atoms with Crippen LogP contribution in [0.15, 0.2) is 48.5 Å². The molecule has 118 valence electrons. The third-order valence-electron chi connectivity index (χ3n) is 3.41. The quantitative estimate of drug-likeness (QED) is 0.631. The second-order valence-corrected chi connectivity index (χ2v) is 4.94. The van der Waals surface area contributed by atoms with E-state index in [0.29, 0.717) is 0 Å². The van der Waals surface area contributed by atoms with Crippen LogP contribution in [0.1, 0.15) is 5.56 Å². The predicted octanol–water partition coefficient (Wildman–Crippen LogP) is 4.84. The predicted molar refractivity (Wildman–Crippen MR) is 79.7 cm³/mol. The second-order valence-electron chi connectivity index (χ2n) is 4.94. The summed E-state index contributed by atoms with van der Waals surface area (Å²) in [6, 6.07) is 11.4. The van der Waals surface area contributed by atoms with Crippen molar-refractivity contribution in [2.45, 2.75) is 0 Å². The fraction of sp³-hybridized carbons (Fsp3) is 0. The number of nitriles is 1. The lowest BCUT2D eigenvalue weighted by Crippen LogP contribution is -1.97. The van der Waals surface area contributed by atoms with Crippen LogP contribution in [-0.4, -0.2) is 4.98 Å². The van der Waals surface area contributed by atoms with E-state index >= 15 is 0 Å². The van der Waals surface area contributed by atoms with Crippen molar-refractivity contribution < 1.29 is 17.6 Å². The molecule has 0 radical (unpaired) electrons. The number of hydrogen-bond donors (Lipinski definition) is 0. The summed E-state index contributed by atoms with van der Waals surface area (Å²) in [6.45, 7) is 0. The van der Waals surface area contributed by atoms with Crippen molar-refractivity contribution in [2.24, 2.45) is 0 Å². The molecule has 1 heterocycles. The van der Waals surface area contributed by atoms with Gasteiger partial charge in [-0.2, -0.15) is 5.26 Å². The summed E-state index contributed by atoms with van der Waals surface area (Å²) in [5.41, 5.74) is -0.396. The van der Waals surface area contributed by atoms with Crippen LogP contribution >= 0.6 is 0 Å². The van der Waals surface area contributed by atoms with Gasteiger partial charge < -0.3 is 0 Å². The zero-order valence-electron chi connectivity index (χ0n) is 12.0. The molecule has 0 aliphatic heterocycles.